The second kappa shape index (κ2) is 9.57. The third-order valence-corrected chi connectivity index (χ3v) is 6.36. The predicted molar refractivity (Wildman–Crippen MR) is 123 cm³/mol. The van der Waals surface area contributed by atoms with E-state index in [0.29, 0.717) is 5.39 Å². The monoisotopic (exact) mass is 584 g/mol. The molecule has 4 nitrogen and oxygen atoms in total. The Kier molecular flexibility index (Phi) is 7.02. The van der Waals surface area contributed by atoms with Crippen molar-refractivity contribution in [3.63, 3.8) is 0 Å². The second-order valence-corrected chi connectivity index (χ2v) is 9.23. The summed E-state index contributed by atoms with van der Waals surface area (Å²) in [6.45, 7) is -0.707. The van der Waals surface area contributed by atoms with Gasteiger partial charge in [0.1, 0.15) is 0 Å². The number of carbonyl (C=O) groups is 1. The van der Waals surface area contributed by atoms with Gasteiger partial charge in [0.25, 0.3) is 5.60 Å². The Morgan fingerprint density at radius 1 is 0.921 bits per heavy atom. The molecule has 0 aromatic heterocycles. The van der Waals surface area contributed by atoms with E-state index >= 15 is 0 Å². The molecule has 1 aliphatic heterocycles. The molecule has 0 spiro atoms. The maximum absolute atomic E-state index is 14.3. The van der Waals surface area contributed by atoms with Crippen molar-refractivity contribution < 1.29 is 44.8 Å². The first-order chi connectivity index (χ1) is 17.6. The number of halogens is 10. The zero-order valence-electron chi connectivity index (χ0n) is 18.7. The second-order valence-electron chi connectivity index (χ2n) is 8.36. The standard InChI is InChI=1S/C24H14Cl2F8N2O2/c25-14-7-13(8-15(26)9-14)21(23(29,30)31)10-19(36-38-21)18-6-5-12(16-3-1-2-4-17(16)18)11-35-20(37)22(27,28)24(32,33)34/h1-9H,10-11H2,(H,35,37). The molecule has 0 bridgehead atoms. The molecule has 0 radical (unpaired) electrons. The third kappa shape index (κ3) is 4.86. The van der Waals surface area contributed by atoms with Crippen LogP contribution in [0.2, 0.25) is 10.0 Å². The van der Waals surface area contributed by atoms with E-state index in [9.17, 15) is 39.9 Å². The van der Waals surface area contributed by atoms with Crippen LogP contribution < -0.4 is 5.32 Å². The van der Waals surface area contributed by atoms with Gasteiger partial charge in [0, 0.05) is 34.1 Å². The van der Waals surface area contributed by atoms with Crippen molar-refractivity contribution >= 4 is 45.6 Å². The van der Waals surface area contributed by atoms with Gasteiger partial charge < -0.3 is 10.2 Å². The zero-order valence-corrected chi connectivity index (χ0v) is 20.2. The van der Waals surface area contributed by atoms with Gasteiger partial charge in [-0.25, -0.2) is 0 Å². The lowest BCUT2D eigenvalue weighted by Gasteiger charge is -2.29. The highest BCUT2D eigenvalue weighted by Gasteiger charge is 2.64. The highest BCUT2D eigenvalue weighted by atomic mass is 35.5. The number of nitrogens with zero attached hydrogens (tertiary/aromatic N) is 1. The number of fused-ring (bicyclic) bond motifs is 1. The van der Waals surface area contributed by atoms with Crippen LogP contribution in [0.3, 0.4) is 0 Å². The summed E-state index contributed by atoms with van der Waals surface area (Å²) in [7, 11) is 0. The van der Waals surface area contributed by atoms with Crippen LogP contribution in [-0.2, 0) is 21.8 Å². The maximum Gasteiger partial charge on any atom is 0.463 e. The van der Waals surface area contributed by atoms with E-state index in [1.165, 1.54) is 42.5 Å². The van der Waals surface area contributed by atoms with Crippen molar-refractivity contribution in [2.24, 2.45) is 5.16 Å². The molecule has 0 aliphatic carbocycles. The molecule has 0 saturated carbocycles. The van der Waals surface area contributed by atoms with Crippen molar-refractivity contribution in [3.05, 3.63) is 81.3 Å². The number of hydrogen-bond donors (Lipinski definition) is 1. The average molecular weight is 585 g/mol. The highest BCUT2D eigenvalue weighted by molar-refractivity contribution is 6.34. The van der Waals surface area contributed by atoms with E-state index in [1.54, 1.807) is 5.32 Å². The Morgan fingerprint density at radius 2 is 1.53 bits per heavy atom. The molecule has 202 valence electrons. The molecule has 4 rings (SSSR count). The van der Waals surface area contributed by atoms with E-state index in [4.69, 9.17) is 28.0 Å². The molecule has 1 aliphatic rings. The molecule has 1 heterocycles. The summed E-state index contributed by atoms with van der Waals surface area (Å²) >= 11 is 11.8. The number of nitrogens with one attached hydrogen (secondary N) is 1. The van der Waals surface area contributed by atoms with Gasteiger partial charge in [0.15, 0.2) is 0 Å². The fourth-order valence-corrected chi connectivity index (χ4v) is 4.54. The molecular formula is C24H14Cl2F8N2O2. The van der Waals surface area contributed by atoms with Crippen molar-refractivity contribution in [2.75, 3.05) is 0 Å². The van der Waals surface area contributed by atoms with E-state index < -0.39 is 42.7 Å². The molecule has 1 atom stereocenters. The number of carbonyl (C=O) groups excluding carboxylic acids is 1. The lowest BCUT2D eigenvalue weighted by molar-refractivity contribution is -0.275. The summed E-state index contributed by atoms with van der Waals surface area (Å²) < 4.78 is 107. The van der Waals surface area contributed by atoms with Gasteiger partial charge in [-0.3, -0.25) is 4.79 Å². The molecule has 3 aromatic rings. The van der Waals surface area contributed by atoms with Crippen LogP contribution in [0.15, 0.2) is 59.8 Å². The summed E-state index contributed by atoms with van der Waals surface area (Å²) in [5, 5.41) is 5.71. The van der Waals surface area contributed by atoms with E-state index in [0.717, 1.165) is 12.1 Å². The Balaban J connectivity index is 1.68. The van der Waals surface area contributed by atoms with Gasteiger partial charge in [0.2, 0.25) is 0 Å². The van der Waals surface area contributed by atoms with Crippen LogP contribution in [0, 0.1) is 0 Å². The summed E-state index contributed by atoms with van der Waals surface area (Å²) in [6, 6.07) is 12.0. The van der Waals surface area contributed by atoms with E-state index in [1.807, 2.05) is 0 Å². The normalized spacial score (nSPS) is 18.3. The Bertz CT molecular complexity index is 1420. The van der Waals surface area contributed by atoms with Crippen LogP contribution in [0.4, 0.5) is 35.1 Å². The quantitative estimate of drug-likeness (QED) is 0.315. The fourth-order valence-electron chi connectivity index (χ4n) is 4.02. The van der Waals surface area contributed by atoms with Crippen molar-refractivity contribution in [2.45, 2.75) is 36.8 Å². The minimum absolute atomic E-state index is 0.0545. The first-order valence-electron chi connectivity index (χ1n) is 10.6. The van der Waals surface area contributed by atoms with E-state index in [-0.39, 0.29) is 37.8 Å². The number of amides is 1. The average Bonchev–Trinajstić information content (AvgIpc) is 3.28. The van der Waals surface area contributed by atoms with Crippen LogP contribution in [0.1, 0.15) is 23.1 Å². The third-order valence-electron chi connectivity index (χ3n) is 5.92. The van der Waals surface area contributed by atoms with Crippen molar-refractivity contribution in [3.8, 4) is 0 Å². The minimum atomic E-state index is -6.08. The lowest BCUT2D eigenvalue weighted by Crippen LogP contribution is -2.50. The molecule has 1 N–H and O–H groups in total. The van der Waals surface area contributed by atoms with Crippen molar-refractivity contribution in [1.82, 2.24) is 5.32 Å². The summed E-state index contributed by atoms with van der Waals surface area (Å²) in [6.07, 6.45) is -11.8. The van der Waals surface area contributed by atoms with Crippen molar-refractivity contribution in [1.29, 1.82) is 0 Å². The number of oxime groups is 1. The van der Waals surface area contributed by atoms with Gasteiger partial charge >= 0.3 is 24.2 Å². The van der Waals surface area contributed by atoms with Crippen LogP contribution in [0.25, 0.3) is 10.8 Å². The molecule has 14 heteroatoms. The van der Waals surface area contributed by atoms with Gasteiger partial charge in [0.05, 0.1) is 5.71 Å². The Hall–Kier alpha value is -3.12. The SMILES string of the molecule is O=C(NCc1ccc(C2=NOC(c3cc(Cl)cc(Cl)c3)(C(F)(F)F)C2)c2ccccc12)C(F)(F)C(F)(F)F. The molecule has 0 fully saturated rings. The fraction of sp³-hybridized carbons (Fsp3) is 0.250. The van der Waals surface area contributed by atoms with Crippen LogP contribution in [-0.4, -0.2) is 29.9 Å². The molecule has 0 saturated heterocycles. The number of benzene rings is 3. The van der Waals surface area contributed by atoms with Gasteiger partial charge in [-0.2, -0.15) is 35.1 Å². The number of alkyl halides is 8. The summed E-state index contributed by atoms with van der Waals surface area (Å²) in [4.78, 5) is 16.5. The maximum atomic E-state index is 14.3. The number of hydrogen-bond acceptors (Lipinski definition) is 3. The molecular weight excluding hydrogens is 571 g/mol. The Labute approximate surface area is 219 Å². The Morgan fingerprint density at radius 3 is 2.11 bits per heavy atom. The number of rotatable bonds is 5. The largest absolute Gasteiger partial charge is 0.463 e. The smallest absolute Gasteiger partial charge is 0.374 e. The highest BCUT2D eigenvalue weighted by Crippen LogP contribution is 2.50. The van der Waals surface area contributed by atoms with E-state index in [2.05, 4.69) is 5.16 Å². The van der Waals surface area contributed by atoms with Gasteiger partial charge in [-0.05, 0) is 34.5 Å². The molecule has 1 amide bonds. The zero-order chi connectivity index (χ0) is 28.1. The minimum Gasteiger partial charge on any atom is -0.374 e. The topological polar surface area (TPSA) is 50.7 Å². The first kappa shape index (κ1) is 27.9. The molecule has 3 aromatic carbocycles. The summed E-state index contributed by atoms with van der Waals surface area (Å²) in [5.74, 6) is -8.15. The first-order valence-corrected chi connectivity index (χ1v) is 11.3. The van der Waals surface area contributed by atoms with Gasteiger partial charge in [-0.1, -0.05) is 64.8 Å². The summed E-state index contributed by atoms with van der Waals surface area (Å²) in [5.41, 5.74) is -3.08. The van der Waals surface area contributed by atoms with Crippen LogP contribution >= 0.6 is 23.2 Å². The molecule has 38 heavy (non-hydrogen) atoms. The predicted octanol–water partition coefficient (Wildman–Crippen LogP) is 7.54. The van der Waals surface area contributed by atoms with Gasteiger partial charge in [-0.15, -0.1) is 0 Å². The lowest BCUT2D eigenvalue weighted by atomic mass is 9.85. The molecule has 1 unspecified atom stereocenters. The van der Waals surface area contributed by atoms with Crippen LogP contribution in [0.5, 0.6) is 0 Å².